The minimum absolute atomic E-state index is 0.0419. The number of unbranched alkanes of at least 4 members (excludes halogenated alkanes) is 11. The van der Waals surface area contributed by atoms with Crippen LogP contribution in [0.2, 0.25) is 0 Å². The van der Waals surface area contributed by atoms with Crippen LogP contribution in [0.3, 0.4) is 0 Å². The minimum atomic E-state index is -0.181. The van der Waals surface area contributed by atoms with E-state index in [9.17, 15) is 4.79 Å². The molecule has 2 aromatic rings. The van der Waals surface area contributed by atoms with Crippen LogP contribution in [0.1, 0.15) is 89.5 Å². The molecule has 2 aromatic carbocycles. The van der Waals surface area contributed by atoms with Gasteiger partial charge in [0.25, 0.3) is 5.91 Å². The highest BCUT2D eigenvalue weighted by Crippen LogP contribution is 2.21. The third kappa shape index (κ3) is 12.8. The van der Waals surface area contributed by atoms with Gasteiger partial charge in [0.05, 0.1) is 12.5 Å². The molecule has 1 heterocycles. The van der Waals surface area contributed by atoms with Gasteiger partial charge in [-0.25, -0.2) is 0 Å². The maximum atomic E-state index is 12.4. The fraction of sp³-hybridized carbons (Fsp3) is 0.531. The van der Waals surface area contributed by atoms with Gasteiger partial charge in [-0.3, -0.25) is 4.79 Å². The molecule has 5 nitrogen and oxygen atoms in total. The molecule has 0 saturated carbocycles. The number of carbonyl (C=O) groups excluding carboxylic acids is 1. The normalized spacial score (nSPS) is 12.6. The molecule has 0 unspecified atom stereocenters. The van der Waals surface area contributed by atoms with Gasteiger partial charge in [0.1, 0.15) is 11.5 Å². The first kappa shape index (κ1) is 29.9. The molecule has 208 valence electrons. The lowest BCUT2D eigenvalue weighted by Crippen LogP contribution is -2.20. The van der Waals surface area contributed by atoms with Crippen molar-refractivity contribution in [3.8, 4) is 11.5 Å². The molecular weight excluding hydrogens is 492 g/mol. The summed E-state index contributed by atoms with van der Waals surface area (Å²) in [6.07, 6.45) is 18.1. The van der Waals surface area contributed by atoms with E-state index in [1.807, 2.05) is 48.5 Å². The number of nitrogens with one attached hydrogen (secondary N) is 1. The number of ether oxygens (including phenoxy) is 2. The zero-order chi connectivity index (χ0) is 26.7. The lowest BCUT2D eigenvalue weighted by Gasteiger charge is -2.15. The zero-order valence-electron chi connectivity index (χ0n) is 23.2. The molecule has 3 rings (SSSR count). The lowest BCUT2D eigenvalue weighted by molar-refractivity contribution is -0.118. The average Bonchev–Trinajstić information content (AvgIpc) is 3.45. The molecule has 1 amide bonds. The molecular formula is C32H46N2O3S. The smallest absolute Gasteiger partial charge is 0.262 e. The van der Waals surface area contributed by atoms with E-state index in [4.69, 9.17) is 9.47 Å². The van der Waals surface area contributed by atoms with Crippen LogP contribution >= 0.6 is 11.8 Å². The van der Waals surface area contributed by atoms with Crippen LogP contribution in [0.5, 0.6) is 11.5 Å². The molecule has 1 aliphatic rings. The van der Waals surface area contributed by atoms with Crippen molar-refractivity contribution in [1.82, 2.24) is 4.90 Å². The molecule has 0 radical (unpaired) electrons. The highest BCUT2D eigenvalue weighted by molar-refractivity contribution is 8.02. The molecule has 0 fully saturated rings. The van der Waals surface area contributed by atoms with Crippen molar-refractivity contribution in [2.75, 3.05) is 24.4 Å². The second-order valence-electron chi connectivity index (χ2n) is 10.1. The van der Waals surface area contributed by atoms with Crippen molar-refractivity contribution in [2.45, 2.75) is 90.5 Å². The van der Waals surface area contributed by atoms with Gasteiger partial charge in [-0.2, -0.15) is 0 Å². The number of benzene rings is 2. The van der Waals surface area contributed by atoms with Crippen LogP contribution in [-0.4, -0.2) is 29.9 Å². The number of nitrogens with zero attached hydrogens (tertiary/aromatic N) is 1. The minimum Gasteiger partial charge on any atom is -0.493 e. The number of thioether (sulfide) groups is 1. The Morgan fingerprint density at radius 1 is 0.842 bits per heavy atom. The van der Waals surface area contributed by atoms with Crippen molar-refractivity contribution in [3.05, 3.63) is 65.7 Å². The molecule has 0 aromatic heterocycles. The summed E-state index contributed by atoms with van der Waals surface area (Å²) < 4.78 is 11.6. The van der Waals surface area contributed by atoms with Gasteiger partial charge in [0.2, 0.25) is 0 Å². The van der Waals surface area contributed by atoms with E-state index in [2.05, 4.69) is 28.7 Å². The van der Waals surface area contributed by atoms with Gasteiger partial charge in [-0.05, 0) is 41.7 Å². The highest BCUT2D eigenvalue weighted by Gasteiger charge is 2.08. The number of anilines is 1. The van der Waals surface area contributed by atoms with Gasteiger partial charge < -0.3 is 19.7 Å². The molecule has 0 saturated heterocycles. The van der Waals surface area contributed by atoms with Crippen LogP contribution in [0.15, 0.2) is 60.1 Å². The van der Waals surface area contributed by atoms with Crippen molar-refractivity contribution < 1.29 is 14.3 Å². The first-order valence-corrected chi connectivity index (χ1v) is 15.5. The molecule has 0 spiro atoms. The van der Waals surface area contributed by atoms with E-state index in [0.29, 0.717) is 12.4 Å². The quantitative estimate of drug-likeness (QED) is 0.171. The molecule has 6 heteroatoms. The molecule has 38 heavy (non-hydrogen) atoms. The third-order valence-electron chi connectivity index (χ3n) is 6.67. The largest absolute Gasteiger partial charge is 0.493 e. The van der Waals surface area contributed by atoms with Crippen LogP contribution in [0.4, 0.5) is 5.69 Å². The topological polar surface area (TPSA) is 50.8 Å². The first-order chi connectivity index (χ1) is 18.7. The highest BCUT2D eigenvalue weighted by atomic mass is 32.2. The molecule has 1 N–H and O–H groups in total. The second kappa shape index (κ2) is 18.6. The van der Waals surface area contributed by atoms with E-state index in [0.717, 1.165) is 30.3 Å². The summed E-state index contributed by atoms with van der Waals surface area (Å²) in [6, 6.07) is 15.5. The summed E-state index contributed by atoms with van der Waals surface area (Å²) in [4.78, 5) is 14.6. The number of amides is 1. The summed E-state index contributed by atoms with van der Waals surface area (Å²) in [5, 5.41) is 5.01. The summed E-state index contributed by atoms with van der Waals surface area (Å²) in [7, 11) is 0. The summed E-state index contributed by atoms with van der Waals surface area (Å²) >= 11 is 1.79. The van der Waals surface area contributed by atoms with Gasteiger partial charge >= 0.3 is 0 Å². The molecule has 0 aliphatic carbocycles. The van der Waals surface area contributed by atoms with Crippen molar-refractivity contribution in [1.29, 1.82) is 0 Å². The monoisotopic (exact) mass is 538 g/mol. The van der Waals surface area contributed by atoms with E-state index in [1.165, 1.54) is 76.2 Å². The lowest BCUT2D eigenvalue weighted by atomic mass is 10.1. The Balaban J connectivity index is 1.22. The zero-order valence-corrected chi connectivity index (χ0v) is 24.0. The first-order valence-electron chi connectivity index (χ1n) is 14.5. The van der Waals surface area contributed by atoms with E-state index in [-0.39, 0.29) is 12.5 Å². The summed E-state index contributed by atoms with van der Waals surface area (Å²) in [5.41, 5.74) is 1.99. The van der Waals surface area contributed by atoms with Gasteiger partial charge in [-0.1, -0.05) is 95.8 Å². The van der Waals surface area contributed by atoms with Crippen LogP contribution < -0.4 is 14.8 Å². The number of carbonyl (C=O) groups is 1. The number of rotatable bonds is 20. The maximum Gasteiger partial charge on any atom is 0.262 e. The van der Waals surface area contributed by atoms with Crippen LogP contribution in [0.25, 0.3) is 0 Å². The second-order valence-corrected chi connectivity index (χ2v) is 10.9. The van der Waals surface area contributed by atoms with Crippen LogP contribution in [0, 0.1) is 0 Å². The van der Waals surface area contributed by atoms with Gasteiger partial charge in [0, 0.05) is 24.5 Å². The Bertz CT molecular complexity index is 948. The Morgan fingerprint density at radius 3 is 2.11 bits per heavy atom. The van der Waals surface area contributed by atoms with E-state index in [1.54, 1.807) is 11.8 Å². The standard InChI is InChI=1S/C32H46N2O3S/c1-2-3-4-5-6-7-8-9-10-11-12-13-22-36-30-15-14-16-31(24-30)37-26-32(35)33-29-19-17-28(18-20-29)25-34-21-23-38-27-34/h14-21,23-24H,2-13,22,25-27H2,1H3,(H,33,35). The van der Waals surface area contributed by atoms with Crippen molar-refractivity contribution in [3.63, 3.8) is 0 Å². The van der Waals surface area contributed by atoms with E-state index >= 15 is 0 Å². The molecule has 0 atom stereocenters. The fourth-order valence-corrected chi connectivity index (χ4v) is 5.18. The molecule has 1 aliphatic heterocycles. The number of hydrogen-bond donors (Lipinski definition) is 1. The SMILES string of the molecule is CCCCCCCCCCCCCCOc1cccc(OCC(=O)Nc2ccc(CN3C=CSC3)cc2)c1. The summed E-state index contributed by atoms with van der Waals surface area (Å²) in [6.45, 7) is 3.82. The van der Waals surface area contributed by atoms with Crippen molar-refractivity contribution in [2.24, 2.45) is 0 Å². The predicted octanol–water partition coefficient (Wildman–Crippen LogP) is 8.76. The van der Waals surface area contributed by atoms with E-state index < -0.39 is 0 Å². The Labute approximate surface area is 234 Å². The fourth-order valence-electron chi connectivity index (χ4n) is 4.47. The average molecular weight is 539 g/mol. The third-order valence-corrected chi connectivity index (χ3v) is 7.47. The Morgan fingerprint density at radius 2 is 1.47 bits per heavy atom. The van der Waals surface area contributed by atoms with Gasteiger partial charge in [-0.15, -0.1) is 11.8 Å². The molecule has 0 bridgehead atoms. The predicted molar refractivity (Wildman–Crippen MR) is 161 cm³/mol. The van der Waals surface area contributed by atoms with Crippen LogP contribution in [-0.2, 0) is 11.3 Å². The van der Waals surface area contributed by atoms with Crippen molar-refractivity contribution >= 4 is 23.4 Å². The summed E-state index contributed by atoms with van der Waals surface area (Å²) in [5.74, 6) is 2.23. The Kier molecular flexibility index (Phi) is 14.7. The maximum absolute atomic E-state index is 12.4. The van der Waals surface area contributed by atoms with Gasteiger partial charge in [0.15, 0.2) is 6.61 Å². The number of hydrogen-bond acceptors (Lipinski definition) is 5. The Hall–Kier alpha value is -2.60.